The van der Waals surface area contributed by atoms with Crippen molar-refractivity contribution in [2.75, 3.05) is 26.3 Å². The third kappa shape index (κ3) is 8.85. The smallest absolute Gasteiger partial charge is 0.220 e. The second-order valence-corrected chi connectivity index (χ2v) is 13.5. The molecule has 0 bridgehead atoms. The number of nitrogens with zero attached hydrogens (tertiary/aromatic N) is 2. The fourth-order valence-electron chi connectivity index (χ4n) is 6.57. The Balaban J connectivity index is 1.24. The number of nitriles is 2. The topological polar surface area (TPSA) is 148 Å². The van der Waals surface area contributed by atoms with Gasteiger partial charge in [0.25, 0.3) is 0 Å². The molecule has 4 aromatic carbocycles. The minimum atomic E-state index is -0.105. The Bertz CT molecular complexity index is 1900. The molecule has 4 N–H and O–H groups in total. The summed E-state index contributed by atoms with van der Waals surface area (Å²) in [5, 5.41) is 32.2. The molecule has 0 radical (unpaired) electrons. The van der Waals surface area contributed by atoms with Gasteiger partial charge >= 0.3 is 0 Å². The second kappa shape index (κ2) is 17.4. The Kier molecular flexibility index (Phi) is 12.3. The van der Waals surface area contributed by atoms with Crippen LogP contribution in [0.15, 0.2) is 72.8 Å². The van der Waals surface area contributed by atoms with E-state index in [1.807, 2.05) is 84.9 Å². The summed E-state index contributed by atoms with van der Waals surface area (Å²) in [6, 6.07) is 27.5. The van der Waals surface area contributed by atoms with Crippen LogP contribution < -0.4 is 30.7 Å². The lowest BCUT2D eigenvalue weighted by molar-refractivity contribution is -0.120. The summed E-state index contributed by atoms with van der Waals surface area (Å²) in [6.07, 6.45) is 2.69. The summed E-state index contributed by atoms with van der Waals surface area (Å²) >= 11 is 14.3. The number of hydrogen-bond donors (Lipinski definition) is 4. The van der Waals surface area contributed by atoms with Crippen molar-refractivity contribution in [2.45, 2.75) is 50.9 Å². The van der Waals surface area contributed by atoms with Crippen molar-refractivity contribution in [2.24, 2.45) is 0 Å². The van der Waals surface area contributed by atoms with Gasteiger partial charge in [-0.15, -0.1) is 0 Å². The van der Waals surface area contributed by atoms with Gasteiger partial charge in [-0.05, 0) is 36.1 Å². The molecule has 2 heterocycles. The van der Waals surface area contributed by atoms with Crippen LogP contribution in [0.2, 0.25) is 10.0 Å². The molecule has 2 saturated heterocycles. The molecule has 0 spiro atoms. The van der Waals surface area contributed by atoms with Crippen molar-refractivity contribution >= 4 is 35.0 Å². The summed E-state index contributed by atoms with van der Waals surface area (Å²) in [6.45, 7) is 2.07. The molecular weight excluding hydrogens is 699 g/mol. The predicted octanol–water partition coefficient (Wildman–Crippen LogP) is 6.54. The van der Waals surface area contributed by atoms with Crippen LogP contribution in [0.25, 0.3) is 33.4 Å². The molecule has 0 aliphatic carbocycles. The largest absolute Gasteiger partial charge is 0.478 e. The Hall–Kier alpha value is -5.10. The quantitative estimate of drug-likeness (QED) is 0.108. The highest BCUT2D eigenvalue weighted by atomic mass is 35.5. The van der Waals surface area contributed by atoms with Gasteiger partial charge in [-0.25, -0.2) is 0 Å². The van der Waals surface area contributed by atoms with E-state index in [0.29, 0.717) is 60.6 Å². The van der Waals surface area contributed by atoms with Crippen LogP contribution in [-0.2, 0) is 22.7 Å². The third-order valence-corrected chi connectivity index (χ3v) is 10.0. The van der Waals surface area contributed by atoms with Gasteiger partial charge in [0.05, 0.1) is 10.0 Å². The van der Waals surface area contributed by atoms with E-state index < -0.39 is 0 Å². The van der Waals surface area contributed by atoms with Crippen molar-refractivity contribution in [1.82, 2.24) is 21.3 Å². The summed E-state index contributed by atoms with van der Waals surface area (Å²) in [5.41, 5.74) is 6.44. The Morgan fingerprint density at radius 2 is 1.08 bits per heavy atom. The monoisotopic (exact) mass is 736 g/mol. The number of amides is 2. The molecule has 4 aromatic rings. The summed E-state index contributed by atoms with van der Waals surface area (Å²) in [7, 11) is 0. The number of benzene rings is 4. The molecule has 2 amide bonds. The van der Waals surface area contributed by atoms with Crippen LogP contribution in [0.5, 0.6) is 11.5 Å². The maximum atomic E-state index is 11.6. The van der Waals surface area contributed by atoms with Gasteiger partial charge in [0.2, 0.25) is 11.8 Å². The zero-order valence-electron chi connectivity index (χ0n) is 28.4. The Labute approximate surface area is 313 Å². The van der Waals surface area contributed by atoms with Gasteiger partial charge in [-0.1, -0.05) is 83.9 Å². The normalized spacial score (nSPS) is 16.5. The van der Waals surface area contributed by atoms with Crippen LogP contribution >= 0.6 is 23.2 Å². The molecule has 2 aliphatic heterocycles. The van der Waals surface area contributed by atoms with Crippen molar-refractivity contribution in [3.8, 4) is 57.0 Å². The van der Waals surface area contributed by atoms with Gasteiger partial charge in [0, 0.05) is 84.5 Å². The first-order valence-electron chi connectivity index (χ1n) is 17.2. The molecule has 12 heteroatoms. The van der Waals surface area contributed by atoms with Crippen LogP contribution in [0.1, 0.15) is 36.8 Å². The molecule has 266 valence electrons. The molecule has 0 aromatic heterocycles. The van der Waals surface area contributed by atoms with Crippen molar-refractivity contribution in [1.29, 1.82) is 10.5 Å². The molecule has 0 saturated carbocycles. The first kappa shape index (κ1) is 36.7. The lowest BCUT2D eigenvalue weighted by Crippen LogP contribution is -2.35. The average Bonchev–Trinajstić information content (AvgIpc) is 3.77. The zero-order valence-corrected chi connectivity index (χ0v) is 29.9. The van der Waals surface area contributed by atoms with Gasteiger partial charge < -0.3 is 30.7 Å². The maximum Gasteiger partial charge on any atom is 0.220 e. The highest BCUT2D eigenvalue weighted by Gasteiger charge is 2.22. The molecule has 2 atom stereocenters. The average molecular weight is 738 g/mol. The minimum absolute atomic E-state index is 0.0729. The standard InChI is InChI=1S/C40H38Cl2N6O4/c41-39-31(25-7-9-27(35(19-25)51-17-15-43)21-45-23-29-11-13-37(49)47-29)3-1-5-33(39)34-6-2-4-32(40(34)42)26-8-10-28(36(20-26)52-18-16-44)22-46-24-30-12-14-38(50)48-30/h1-10,19-20,29-30,45-46H,11-14,17-18,21-24H2,(H,47,49)(H,48,50)/t29-,30-/m0/s1. The van der Waals surface area contributed by atoms with Gasteiger partial charge in [0.1, 0.15) is 23.6 Å². The molecule has 6 rings (SSSR count). The van der Waals surface area contributed by atoms with Gasteiger partial charge in [-0.3, -0.25) is 9.59 Å². The summed E-state index contributed by atoms with van der Waals surface area (Å²) in [5.74, 6) is 1.29. The molecule has 2 fully saturated rings. The van der Waals surface area contributed by atoms with Crippen LogP contribution in [0.4, 0.5) is 0 Å². The van der Waals surface area contributed by atoms with E-state index >= 15 is 0 Å². The van der Waals surface area contributed by atoms with Crippen LogP contribution in [0, 0.1) is 22.7 Å². The number of carbonyl (C=O) groups is 2. The van der Waals surface area contributed by atoms with E-state index in [1.54, 1.807) is 0 Å². The number of nitrogens with one attached hydrogen (secondary N) is 4. The van der Waals surface area contributed by atoms with E-state index in [2.05, 4.69) is 21.3 Å². The lowest BCUT2D eigenvalue weighted by atomic mass is 9.95. The van der Waals surface area contributed by atoms with Crippen molar-refractivity contribution in [3.63, 3.8) is 0 Å². The molecule has 52 heavy (non-hydrogen) atoms. The van der Waals surface area contributed by atoms with Crippen molar-refractivity contribution in [3.05, 3.63) is 94.0 Å². The van der Waals surface area contributed by atoms with Crippen LogP contribution in [-0.4, -0.2) is 50.2 Å². The maximum absolute atomic E-state index is 11.6. The highest BCUT2D eigenvalue weighted by Crippen LogP contribution is 2.43. The zero-order chi connectivity index (χ0) is 36.5. The van der Waals surface area contributed by atoms with Gasteiger partial charge in [-0.2, -0.15) is 10.5 Å². The van der Waals surface area contributed by atoms with Crippen molar-refractivity contribution < 1.29 is 19.1 Å². The number of carbonyl (C=O) groups excluding carboxylic acids is 2. The van der Waals surface area contributed by atoms with E-state index in [1.165, 1.54) is 0 Å². The van der Waals surface area contributed by atoms with Crippen LogP contribution in [0.3, 0.4) is 0 Å². The Morgan fingerprint density at radius 3 is 1.46 bits per heavy atom. The number of rotatable bonds is 15. The van der Waals surface area contributed by atoms with E-state index in [0.717, 1.165) is 57.3 Å². The minimum Gasteiger partial charge on any atom is -0.478 e. The number of hydrogen-bond acceptors (Lipinski definition) is 8. The lowest BCUT2D eigenvalue weighted by Gasteiger charge is -2.17. The van der Waals surface area contributed by atoms with Gasteiger partial charge in [0.15, 0.2) is 13.2 Å². The van der Waals surface area contributed by atoms with E-state index in [4.69, 9.17) is 32.7 Å². The SMILES string of the molecule is N#CCOc1cc(-c2cccc(-c3cccc(-c4ccc(CNC[C@@H]5CCC(=O)N5)c(OCC#N)c4)c3Cl)c2Cl)ccc1CNC[C@@H]1CCC(=O)N1. The first-order chi connectivity index (χ1) is 25.3. The molecule has 2 aliphatic rings. The predicted molar refractivity (Wildman–Crippen MR) is 201 cm³/mol. The highest BCUT2D eigenvalue weighted by molar-refractivity contribution is 6.39. The molecule has 10 nitrogen and oxygen atoms in total. The summed E-state index contributed by atoms with van der Waals surface area (Å²) < 4.78 is 11.7. The Morgan fingerprint density at radius 1 is 0.654 bits per heavy atom. The molecule has 0 unspecified atom stereocenters. The fraction of sp³-hybridized carbons (Fsp3) is 0.300. The third-order valence-electron chi connectivity index (χ3n) is 9.21. The fourth-order valence-corrected chi connectivity index (χ4v) is 7.25. The van der Waals surface area contributed by atoms with E-state index in [9.17, 15) is 20.1 Å². The number of ether oxygens (including phenoxy) is 2. The molecular formula is C40H38Cl2N6O4. The second-order valence-electron chi connectivity index (χ2n) is 12.7. The number of halogens is 2. The first-order valence-corrected chi connectivity index (χ1v) is 17.9. The summed E-state index contributed by atoms with van der Waals surface area (Å²) in [4.78, 5) is 23.1. The van der Waals surface area contributed by atoms with E-state index in [-0.39, 0.29) is 37.1 Å².